The van der Waals surface area contributed by atoms with E-state index in [0.717, 1.165) is 29.7 Å². The van der Waals surface area contributed by atoms with Crippen LogP contribution < -0.4 is 15.1 Å². The summed E-state index contributed by atoms with van der Waals surface area (Å²) in [6.45, 7) is 10.6. The van der Waals surface area contributed by atoms with Gasteiger partial charge in [0.1, 0.15) is 5.75 Å². The first-order valence-electron chi connectivity index (χ1n) is 13.1. The van der Waals surface area contributed by atoms with Crippen LogP contribution in [0.5, 0.6) is 5.75 Å². The molecule has 4 nitrogen and oxygen atoms in total. The predicted octanol–water partition coefficient (Wildman–Crippen LogP) is 5.88. The van der Waals surface area contributed by atoms with E-state index in [1.54, 1.807) is 7.11 Å². The van der Waals surface area contributed by atoms with Crippen LogP contribution in [0.25, 0.3) is 0 Å². The molecular weight excluding hydrogens is 476 g/mol. The maximum atomic E-state index is 9.97. The first kappa shape index (κ1) is 28.9. The summed E-state index contributed by atoms with van der Waals surface area (Å²) in [7, 11) is -0.862. The Kier molecular flexibility index (Phi) is 10.7. The first-order valence-corrected chi connectivity index (χ1v) is 15.0. The van der Waals surface area contributed by atoms with Crippen molar-refractivity contribution in [3.8, 4) is 5.75 Å². The normalized spacial score (nSPS) is 12.8. The monoisotopic (exact) mass is 518 g/mol. The molecule has 0 aliphatic heterocycles. The molecule has 0 spiro atoms. The van der Waals surface area contributed by atoms with Crippen LogP contribution in [0.4, 0.5) is 0 Å². The van der Waals surface area contributed by atoms with E-state index in [4.69, 9.17) is 13.9 Å². The fourth-order valence-electron chi connectivity index (χ4n) is 4.82. The molecule has 0 saturated carbocycles. The molecule has 0 saturated heterocycles. The highest BCUT2D eigenvalue weighted by molar-refractivity contribution is 6.99. The molecule has 198 valence electrons. The fourth-order valence-corrected chi connectivity index (χ4v) is 9.42. The second kappa shape index (κ2) is 13.7. The summed E-state index contributed by atoms with van der Waals surface area (Å²) >= 11 is 0. The lowest BCUT2D eigenvalue weighted by Crippen LogP contribution is -2.66. The standard InChI is InChI=1S/C32H42O4Si/c1-26(28(23-33)25-35-24-27-18-20-29(34-5)21-19-27)13-12-22-36-37(32(2,3)4,30-14-8-6-9-15-30)31-16-10-7-11-17-31/h6-11,14-21,33H,12-13,22-25H2,1-5H3/b28-26+. The van der Waals surface area contributed by atoms with Crippen molar-refractivity contribution in [1.82, 2.24) is 0 Å². The average molecular weight is 519 g/mol. The SMILES string of the molecule is COc1ccc(COC/C(CO)=C(\C)CCCO[Si](c2ccccc2)(c2ccccc2)C(C)(C)C)cc1. The Hall–Kier alpha value is -2.70. The van der Waals surface area contributed by atoms with Crippen molar-refractivity contribution >= 4 is 18.7 Å². The van der Waals surface area contributed by atoms with Gasteiger partial charge < -0.3 is 19.0 Å². The zero-order chi connectivity index (χ0) is 26.7. The van der Waals surface area contributed by atoms with Gasteiger partial charge in [-0.15, -0.1) is 0 Å². The van der Waals surface area contributed by atoms with Crippen LogP contribution in [-0.2, 0) is 15.8 Å². The summed E-state index contributed by atoms with van der Waals surface area (Å²) in [5, 5.41) is 12.5. The largest absolute Gasteiger partial charge is 0.497 e. The van der Waals surface area contributed by atoms with Crippen molar-refractivity contribution < 1.29 is 19.0 Å². The van der Waals surface area contributed by atoms with Gasteiger partial charge in [-0.3, -0.25) is 0 Å². The van der Waals surface area contributed by atoms with E-state index in [1.807, 2.05) is 24.3 Å². The van der Waals surface area contributed by atoms with Crippen molar-refractivity contribution in [1.29, 1.82) is 0 Å². The van der Waals surface area contributed by atoms with Crippen LogP contribution in [0, 0.1) is 0 Å². The number of aliphatic hydroxyl groups excluding tert-OH is 1. The van der Waals surface area contributed by atoms with Gasteiger partial charge in [-0.2, -0.15) is 0 Å². The third kappa shape index (κ3) is 7.42. The smallest absolute Gasteiger partial charge is 0.261 e. The molecule has 0 aromatic heterocycles. The molecule has 0 atom stereocenters. The Balaban J connectivity index is 1.66. The van der Waals surface area contributed by atoms with Crippen molar-refractivity contribution in [2.45, 2.75) is 52.2 Å². The lowest BCUT2D eigenvalue weighted by molar-refractivity contribution is 0.133. The van der Waals surface area contributed by atoms with Gasteiger partial charge >= 0.3 is 0 Å². The molecule has 0 aliphatic rings. The van der Waals surface area contributed by atoms with Crippen molar-refractivity contribution in [3.05, 3.63) is 102 Å². The molecule has 5 heteroatoms. The number of allylic oxidation sites excluding steroid dienone is 1. The van der Waals surface area contributed by atoms with E-state index in [2.05, 4.69) is 88.4 Å². The Morgan fingerprint density at radius 2 is 1.41 bits per heavy atom. The minimum atomic E-state index is -2.52. The van der Waals surface area contributed by atoms with Crippen LogP contribution in [0.3, 0.4) is 0 Å². The summed E-state index contributed by atoms with van der Waals surface area (Å²) in [6, 6.07) is 29.3. The van der Waals surface area contributed by atoms with E-state index < -0.39 is 8.32 Å². The minimum absolute atomic E-state index is 0.00398. The Morgan fingerprint density at radius 1 is 0.838 bits per heavy atom. The molecule has 0 aliphatic carbocycles. The van der Waals surface area contributed by atoms with Gasteiger partial charge in [0.05, 0.1) is 26.9 Å². The maximum Gasteiger partial charge on any atom is 0.261 e. The molecule has 0 bridgehead atoms. The van der Waals surface area contributed by atoms with Crippen LogP contribution >= 0.6 is 0 Å². The van der Waals surface area contributed by atoms with Crippen LogP contribution in [-0.4, -0.2) is 40.4 Å². The summed E-state index contributed by atoms with van der Waals surface area (Å²) in [5.41, 5.74) is 3.19. The van der Waals surface area contributed by atoms with Crippen LogP contribution in [0.1, 0.15) is 46.1 Å². The van der Waals surface area contributed by atoms with Crippen LogP contribution in [0.15, 0.2) is 96.1 Å². The third-order valence-electron chi connectivity index (χ3n) is 6.93. The van der Waals surface area contributed by atoms with Gasteiger partial charge in [-0.25, -0.2) is 0 Å². The quantitative estimate of drug-likeness (QED) is 0.174. The number of hydrogen-bond acceptors (Lipinski definition) is 4. The molecule has 0 heterocycles. The van der Waals surface area contributed by atoms with Crippen molar-refractivity contribution in [3.63, 3.8) is 0 Å². The zero-order valence-corrected chi connectivity index (χ0v) is 24.0. The van der Waals surface area contributed by atoms with Crippen molar-refractivity contribution in [2.75, 3.05) is 26.9 Å². The van der Waals surface area contributed by atoms with Crippen LogP contribution in [0.2, 0.25) is 5.04 Å². The minimum Gasteiger partial charge on any atom is -0.497 e. The third-order valence-corrected chi connectivity index (χ3v) is 12.0. The van der Waals surface area contributed by atoms with Crippen molar-refractivity contribution in [2.24, 2.45) is 0 Å². The van der Waals surface area contributed by atoms with E-state index >= 15 is 0 Å². The topological polar surface area (TPSA) is 47.9 Å². The highest BCUT2D eigenvalue weighted by atomic mass is 28.4. The molecule has 1 N–H and O–H groups in total. The van der Waals surface area contributed by atoms with Gasteiger partial charge in [0.15, 0.2) is 0 Å². The summed E-state index contributed by atoms with van der Waals surface area (Å²) in [5.74, 6) is 0.829. The van der Waals surface area contributed by atoms with Gasteiger partial charge in [-0.1, -0.05) is 99.1 Å². The summed E-state index contributed by atoms with van der Waals surface area (Å²) < 4.78 is 18.1. The molecule has 3 aromatic rings. The van der Waals surface area contributed by atoms with Gasteiger partial charge in [-0.05, 0) is 58.4 Å². The number of aliphatic hydroxyl groups is 1. The van der Waals surface area contributed by atoms with Gasteiger partial charge in [0.2, 0.25) is 0 Å². The Bertz CT molecular complexity index is 1060. The fraction of sp³-hybridized carbons (Fsp3) is 0.375. The van der Waals surface area contributed by atoms with Gasteiger partial charge in [0, 0.05) is 6.61 Å². The molecular formula is C32H42O4Si. The number of hydrogen-bond donors (Lipinski definition) is 1. The van der Waals surface area contributed by atoms with E-state index in [-0.39, 0.29) is 11.6 Å². The molecule has 0 amide bonds. The summed E-state index contributed by atoms with van der Waals surface area (Å²) in [4.78, 5) is 0. The lowest BCUT2D eigenvalue weighted by Gasteiger charge is -2.43. The number of benzene rings is 3. The number of rotatable bonds is 13. The molecule has 37 heavy (non-hydrogen) atoms. The lowest BCUT2D eigenvalue weighted by atomic mass is 10.1. The molecule has 3 rings (SSSR count). The highest BCUT2D eigenvalue weighted by Crippen LogP contribution is 2.37. The average Bonchev–Trinajstić information content (AvgIpc) is 2.91. The molecule has 0 radical (unpaired) electrons. The maximum absolute atomic E-state index is 9.97. The Morgan fingerprint density at radius 3 is 1.89 bits per heavy atom. The highest BCUT2D eigenvalue weighted by Gasteiger charge is 2.49. The van der Waals surface area contributed by atoms with E-state index in [9.17, 15) is 5.11 Å². The predicted molar refractivity (Wildman–Crippen MR) is 155 cm³/mol. The first-order chi connectivity index (χ1) is 17.8. The second-order valence-corrected chi connectivity index (χ2v) is 14.8. The molecule has 3 aromatic carbocycles. The zero-order valence-electron chi connectivity index (χ0n) is 23.0. The Labute approximate surface area is 224 Å². The number of methoxy groups -OCH3 is 1. The molecule has 0 unspecified atom stereocenters. The second-order valence-electron chi connectivity index (χ2n) is 10.5. The van der Waals surface area contributed by atoms with Gasteiger partial charge in [0.25, 0.3) is 8.32 Å². The van der Waals surface area contributed by atoms with E-state index in [0.29, 0.717) is 19.8 Å². The summed E-state index contributed by atoms with van der Waals surface area (Å²) in [6.07, 6.45) is 1.75. The number of ether oxygens (including phenoxy) is 2. The molecule has 0 fully saturated rings. The van der Waals surface area contributed by atoms with E-state index in [1.165, 1.54) is 15.9 Å².